The first-order valence-electron chi connectivity index (χ1n) is 6.72. The Balaban J connectivity index is 2.23. The maximum atomic E-state index is 12.3. The molecule has 3 aromatic rings. The number of halogens is 1. The second kappa shape index (κ2) is 6.11. The molecule has 3 rings (SSSR count). The molecule has 1 aromatic heterocycles. The fourth-order valence-corrected chi connectivity index (χ4v) is 3.17. The highest BCUT2D eigenvalue weighted by atomic mass is 127. The SMILES string of the molecule is COc1cc(-c2cc(=O)c3cc(O)ccc3o2)cc(I)c1OC. The van der Waals surface area contributed by atoms with Crippen molar-refractivity contribution in [1.82, 2.24) is 0 Å². The zero-order chi connectivity index (χ0) is 16.6. The van der Waals surface area contributed by atoms with Gasteiger partial charge in [-0.1, -0.05) is 0 Å². The molecule has 1 N–H and O–H groups in total. The molecule has 118 valence electrons. The molecule has 2 aromatic carbocycles. The number of hydrogen-bond donors (Lipinski definition) is 1. The number of phenols is 1. The molecule has 0 unspecified atom stereocenters. The number of hydrogen-bond acceptors (Lipinski definition) is 5. The lowest BCUT2D eigenvalue weighted by Crippen LogP contribution is -2.01. The summed E-state index contributed by atoms with van der Waals surface area (Å²) in [4.78, 5) is 12.3. The Hall–Kier alpha value is -2.22. The molecule has 0 spiro atoms. The van der Waals surface area contributed by atoms with E-state index in [9.17, 15) is 9.90 Å². The predicted octanol–water partition coefficient (Wildman–Crippen LogP) is 3.79. The summed E-state index contributed by atoms with van der Waals surface area (Å²) in [5, 5.41) is 9.83. The van der Waals surface area contributed by atoms with E-state index < -0.39 is 0 Å². The zero-order valence-electron chi connectivity index (χ0n) is 12.4. The van der Waals surface area contributed by atoms with Crippen LogP contribution in [0.5, 0.6) is 17.2 Å². The summed E-state index contributed by atoms with van der Waals surface area (Å²) in [6.45, 7) is 0. The minimum absolute atomic E-state index is 0.0261. The summed E-state index contributed by atoms with van der Waals surface area (Å²) in [7, 11) is 3.12. The van der Waals surface area contributed by atoms with Gasteiger partial charge in [-0.25, -0.2) is 0 Å². The van der Waals surface area contributed by atoms with Crippen LogP contribution in [0.1, 0.15) is 0 Å². The third-order valence-electron chi connectivity index (χ3n) is 3.43. The highest BCUT2D eigenvalue weighted by molar-refractivity contribution is 14.1. The number of rotatable bonds is 3. The Morgan fingerprint density at radius 2 is 1.87 bits per heavy atom. The van der Waals surface area contributed by atoms with Crippen molar-refractivity contribution in [3.05, 3.63) is 50.2 Å². The minimum atomic E-state index is -0.220. The van der Waals surface area contributed by atoms with Gasteiger partial charge in [0.05, 0.1) is 23.2 Å². The van der Waals surface area contributed by atoms with Gasteiger partial charge in [0.2, 0.25) is 0 Å². The Labute approximate surface area is 145 Å². The lowest BCUT2D eigenvalue weighted by atomic mass is 10.1. The van der Waals surface area contributed by atoms with Crippen molar-refractivity contribution in [2.45, 2.75) is 0 Å². The van der Waals surface area contributed by atoms with Gasteiger partial charge in [-0.05, 0) is 52.9 Å². The van der Waals surface area contributed by atoms with Crippen molar-refractivity contribution >= 4 is 33.6 Å². The van der Waals surface area contributed by atoms with E-state index in [0.29, 0.717) is 33.8 Å². The maximum Gasteiger partial charge on any atom is 0.193 e. The molecule has 0 amide bonds. The van der Waals surface area contributed by atoms with Crippen LogP contribution in [0, 0.1) is 3.57 Å². The summed E-state index contributed by atoms with van der Waals surface area (Å²) in [5.74, 6) is 1.64. The van der Waals surface area contributed by atoms with Gasteiger partial charge in [0, 0.05) is 11.6 Å². The second-order valence-corrected chi connectivity index (χ2v) is 6.01. The summed E-state index contributed by atoms with van der Waals surface area (Å²) >= 11 is 2.13. The fraction of sp³-hybridized carbons (Fsp3) is 0.118. The van der Waals surface area contributed by atoms with Gasteiger partial charge in [-0.2, -0.15) is 0 Å². The molecule has 0 aliphatic carbocycles. The highest BCUT2D eigenvalue weighted by Crippen LogP contribution is 2.37. The van der Waals surface area contributed by atoms with Crippen molar-refractivity contribution in [1.29, 1.82) is 0 Å². The van der Waals surface area contributed by atoms with Crippen LogP contribution in [-0.2, 0) is 0 Å². The van der Waals surface area contributed by atoms with Crippen molar-refractivity contribution in [3.63, 3.8) is 0 Å². The topological polar surface area (TPSA) is 68.9 Å². The number of ether oxygens (including phenoxy) is 2. The number of methoxy groups -OCH3 is 2. The van der Waals surface area contributed by atoms with E-state index in [-0.39, 0.29) is 11.2 Å². The lowest BCUT2D eigenvalue weighted by Gasteiger charge is -2.12. The summed E-state index contributed by atoms with van der Waals surface area (Å²) in [6.07, 6.45) is 0. The van der Waals surface area contributed by atoms with Gasteiger partial charge >= 0.3 is 0 Å². The van der Waals surface area contributed by atoms with Gasteiger partial charge in [0.25, 0.3) is 0 Å². The van der Waals surface area contributed by atoms with Crippen molar-refractivity contribution in [3.8, 4) is 28.6 Å². The van der Waals surface area contributed by atoms with Gasteiger partial charge in [0.1, 0.15) is 17.1 Å². The summed E-state index contributed by atoms with van der Waals surface area (Å²) in [6, 6.07) is 9.45. The predicted molar refractivity (Wildman–Crippen MR) is 95.4 cm³/mol. The zero-order valence-corrected chi connectivity index (χ0v) is 14.6. The van der Waals surface area contributed by atoms with Crippen LogP contribution in [0.4, 0.5) is 0 Å². The average Bonchev–Trinajstić information content (AvgIpc) is 2.54. The molecule has 5 nitrogen and oxygen atoms in total. The van der Waals surface area contributed by atoms with E-state index in [0.717, 1.165) is 3.57 Å². The number of aromatic hydroxyl groups is 1. The van der Waals surface area contributed by atoms with Crippen molar-refractivity contribution < 1.29 is 19.0 Å². The molecule has 6 heteroatoms. The van der Waals surface area contributed by atoms with Crippen LogP contribution in [-0.4, -0.2) is 19.3 Å². The van der Waals surface area contributed by atoms with Crippen LogP contribution in [0.2, 0.25) is 0 Å². The van der Waals surface area contributed by atoms with E-state index in [2.05, 4.69) is 22.6 Å². The van der Waals surface area contributed by atoms with Crippen LogP contribution in [0.25, 0.3) is 22.3 Å². The van der Waals surface area contributed by atoms with Crippen molar-refractivity contribution in [2.24, 2.45) is 0 Å². The van der Waals surface area contributed by atoms with Crippen LogP contribution >= 0.6 is 22.6 Å². The van der Waals surface area contributed by atoms with Gasteiger partial charge in [0.15, 0.2) is 16.9 Å². The molecule has 0 saturated carbocycles. The van der Waals surface area contributed by atoms with Gasteiger partial charge in [-0.3, -0.25) is 4.79 Å². The first-order chi connectivity index (χ1) is 11.0. The summed E-state index contributed by atoms with van der Waals surface area (Å²) < 4.78 is 17.3. The smallest absolute Gasteiger partial charge is 0.193 e. The Morgan fingerprint density at radius 1 is 1.09 bits per heavy atom. The van der Waals surface area contributed by atoms with Crippen LogP contribution < -0.4 is 14.9 Å². The Morgan fingerprint density at radius 3 is 2.57 bits per heavy atom. The number of fused-ring (bicyclic) bond motifs is 1. The first-order valence-corrected chi connectivity index (χ1v) is 7.80. The van der Waals surface area contributed by atoms with Gasteiger partial charge in [-0.15, -0.1) is 0 Å². The van der Waals surface area contributed by atoms with Crippen molar-refractivity contribution in [2.75, 3.05) is 14.2 Å². The van der Waals surface area contributed by atoms with Gasteiger partial charge < -0.3 is 19.0 Å². The minimum Gasteiger partial charge on any atom is -0.508 e. The number of benzene rings is 2. The highest BCUT2D eigenvalue weighted by Gasteiger charge is 2.14. The molecule has 0 saturated heterocycles. The largest absolute Gasteiger partial charge is 0.508 e. The monoisotopic (exact) mass is 424 g/mol. The molecule has 0 aliphatic rings. The quantitative estimate of drug-likeness (QED) is 0.649. The third kappa shape index (κ3) is 2.86. The molecule has 0 atom stereocenters. The van der Waals surface area contributed by atoms with E-state index in [1.807, 2.05) is 6.07 Å². The summed E-state index contributed by atoms with van der Waals surface area (Å²) in [5.41, 5.74) is 0.899. The normalized spacial score (nSPS) is 10.7. The molecule has 0 aliphatic heterocycles. The van der Waals surface area contributed by atoms with E-state index in [4.69, 9.17) is 13.9 Å². The number of phenolic OH excluding ortho intramolecular Hbond substituents is 1. The molecular formula is C17H13IO5. The molecule has 1 heterocycles. The molecular weight excluding hydrogens is 411 g/mol. The molecule has 0 bridgehead atoms. The van der Waals surface area contributed by atoms with E-state index in [1.54, 1.807) is 26.4 Å². The molecule has 23 heavy (non-hydrogen) atoms. The standard InChI is InChI=1S/C17H13IO5/c1-21-16-6-9(5-12(18)17(16)22-2)15-8-13(20)11-7-10(19)3-4-14(11)23-15/h3-8,19H,1-2H3. The molecule has 0 radical (unpaired) electrons. The lowest BCUT2D eigenvalue weighted by molar-refractivity contribution is 0.353. The third-order valence-corrected chi connectivity index (χ3v) is 4.23. The molecule has 0 fully saturated rings. The van der Waals surface area contributed by atoms with Crippen LogP contribution in [0.3, 0.4) is 0 Å². The van der Waals surface area contributed by atoms with E-state index >= 15 is 0 Å². The first kappa shape index (κ1) is 15.7. The Kier molecular flexibility index (Phi) is 4.16. The maximum absolute atomic E-state index is 12.3. The average molecular weight is 424 g/mol. The Bertz CT molecular complexity index is 946. The second-order valence-electron chi connectivity index (χ2n) is 4.85. The van der Waals surface area contributed by atoms with E-state index in [1.165, 1.54) is 18.2 Å². The fourth-order valence-electron chi connectivity index (χ4n) is 2.35. The van der Waals surface area contributed by atoms with Crippen LogP contribution in [0.15, 0.2) is 45.6 Å².